The molecule has 0 spiro atoms. The van der Waals surface area contributed by atoms with E-state index in [0.717, 1.165) is 18.2 Å². The van der Waals surface area contributed by atoms with Gasteiger partial charge >= 0.3 is 12.1 Å². The number of esters is 1. The fraction of sp³-hybridized carbons (Fsp3) is 0.462. The van der Waals surface area contributed by atoms with Crippen LogP contribution in [0.25, 0.3) is 0 Å². The minimum atomic E-state index is -4.74. The molecule has 0 aliphatic carbocycles. The maximum absolute atomic E-state index is 12.8. The van der Waals surface area contributed by atoms with Gasteiger partial charge < -0.3 is 4.74 Å². The van der Waals surface area contributed by atoms with Crippen molar-refractivity contribution in [1.29, 1.82) is 0 Å². The van der Waals surface area contributed by atoms with Gasteiger partial charge in [0.25, 0.3) is 6.43 Å². The standard InChI is InChI=1S/C13H13F5O2/c1-2-20-11(19)7-6-8-9(12(14)15)4-3-5-10(8)13(16,17)18/h3-5,12H,2,6-7H2,1H3. The van der Waals surface area contributed by atoms with Crippen molar-refractivity contribution in [2.24, 2.45) is 0 Å². The third kappa shape index (κ3) is 4.18. The molecule has 1 rings (SSSR count). The molecular formula is C13H13F5O2. The second-order valence-corrected chi connectivity index (χ2v) is 3.98. The molecule has 0 saturated carbocycles. The summed E-state index contributed by atoms with van der Waals surface area (Å²) < 4.78 is 68.6. The quantitative estimate of drug-likeness (QED) is 0.603. The second kappa shape index (κ2) is 6.67. The van der Waals surface area contributed by atoms with Crippen LogP contribution in [0.3, 0.4) is 0 Å². The lowest BCUT2D eigenvalue weighted by Gasteiger charge is -2.16. The monoisotopic (exact) mass is 296 g/mol. The first-order valence-electron chi connectivity index (χ1n) is 5.90. The molecule has 0 N–H and O–H groups in total. The van der Waals surface area contributed by atoms with Crippen LogP contribution in [-0.4, -0.2) is 12.6 Å². The number of hydrogen-bond acceptors (Lipinski definition) is 2. The molecule has 0 aromatic heterocycles. The van der Waals surface area contributed by atoms with Crippen molar-refractivity contribution in [2.75, 3.05) is 6.61 Å². The number of ether oxygens (including phenoxy) is 1. The van der Waals surface area contributed by atoms with Crippen molar-refractivity contribution in [3.05, 3.63) is 34.9 Å². The Morgan fingerprint density at radius 1 is 1.30 bits per heavy atom. The summed E-state index contributed by atoms with van der Waals surface area (Å²) in [6.45, 7) is 1.63. The number of benzene rings is 1. The lowest BCUT2D eigenvalue weighted by atomic mass is 9.96. The maximum atomic E-state index is 12.8. The number of carbonyl (C=O) groups is 1. The highest BCUT2D eigenvalue weighted by atomic mass is 19.4. The van der Waals surface area contributed by atoms with Gasteiger partial charge in [-0.3, -0.25) is 4.79 Å². The molecule has 0 bridgehead atoms. The van der Waals surface area contributed by atoms with Crippen LogP contribution in [-0.2, 0) is 22.1 Å². The molecule has 2 nitrogen and oxygen atoms in total. The zero-order chi connectivity index (χ0) is 15.3. The summed E-state index contributed by atoms with van der Waals surface area (Å²) >= 11 is 0. The van der Waals surface area contributed by atoms with E-state index in [2.05, 4.69) is 4.74 Å². The molecule has 0 heterocycles. The fourth-order valence-electron chi connectivity index (χ4n) is 1.81. The van der Waals surface area contributed by atoms with Crippen LogP contribution < -0.4 is 0 Å². The largest absolute Gasteiger partial charge is 0.466 e. The highest BCUT2D eigenvalue weighted by Crippen LogP contribution is 2.36. The van der Waals surface area contributed by atoms with Crippen molar-refractivity contribution in [1.82, 2.24) is 0 Å². The summed E-state index contributed by atoms with van der Waals surface area (Å²) in [6, 6.07) is 2.59. The van der Waals surface area contributed by atoms with Gasteiger partial charge in [-0.2, -0.15) is 13.2 Å². The molecule has 0 amide bonds. The van der Waals surface area contributed by atoms with E-state index >= 15 is 0 Å². The number of alkyl halides is 5. The van der Waals surface area contributed by atoms with Crippen molar-refractivity contribution in [2.45, 2.75) is 32.4 Å². The summed E-state index contributed by atoms with van der Waals surface area (Å²) in [5.41, 5.74) is -2.40. The summed E-state index contributed by atoms with van der Waals surface area (Å²) in [5, 5.41) is 0. The van der Waals surface area contributed by atoms with Crippen molar-refractivity contribution < 1.29 is 31.5 Å². The van der Waals surface area contributed by atoms with Gasteiger partial charge in [0.2, 0.25) is 0 Å². The Hall–Kier alpha value is -1.66. The SMILES string of the molecule is CCOC(=O)CCc1c(C(F)F)cccc1C(F)(F)F. The molecule has 112 valence electrons. The van der Waals surface area contributed by atoms with Gasteiger partial charge in [0.05, 0.1) is 12.2 Å². The van der Waals surface area contributed by atoms with E-state index in [0.29, 0.717) is 0 Å². The first kappa shape index (κ1) is 16.4. The molecule has 1 aromatic carbocycles. The normalized spacial score (nSPS) is 11.8. The van der Waals surface area contributed by atoms with Gasteiger partial charge in [0.15, 0.2) is 0 Å². The molecule has 1 aromatic rings. The second-order valence-electron chi connectivity index (χ2n) is 3.98. The Balaban J connectivity index is 3.09. The zero-order valence-electron chi connectivity index (χ0n) is 10.6. The summed E-state index contributed by atoms with van der Waals surface area (Å²) in [7, 11) is 0. The molecule has 0 unspecified atom stereocenters. The van der Waals surface area contributed by atoms with Crippen LogP contribution in [0.15, 0.2) is 18.2 Å². The summed E-state index contributed by atoms with van der Waals surface area (Å²) in [4.78, 5) is 11.2. The molecule has 0 fully saturated rings. The van der Waals surface area contributed by atoms with Crippen LogP contribution in [0.5, 0.6) is 0 Å². The molecule has 20 heavy (non-hydrogen) atoms. The summed E-state index contributed by atoms with van der Waals surface area (Å²) in [5.74, 6) is -0.718. The smallest absolute Gasteiger partial charge is 0.416 e. The molecule has 0 saturated heterocycles. The van der Waals surface area contributed by atoms with Crippen LogP contribution in [0.2, 0.25) is 0 Å². The molecule has 0 aliphatic rings. The maximum Gasteiger partial charge on any atom is 0.416 e. The first-order chi connectivity index (χ1) is 9.27. The van der Waals surface area contributed by atoms with Crippen LogP contribution in [0, 0.1) is 0 Å². The van der Waals surface area contributed by atoms with Crippen LogP contribution in [0.4, 0.5) is 22.0 Å². The minimum Gasteiger partial charge on any atom is -0.466 e. The van der Waals surface area contributed by atoms with Crippen molar-refractivity contribution >= 4 is 5.97 Å². The lowest BCUT2D eigenvalue weighted by Crippen LogP contribution is -2.14. The van der Waals surface area contributed by atoms with E-state index < -0.39 is 41.7 Å². The van der Waals surface area contributed by atoms with Crippen LogP contribution in [0.1, 0.15) is 36.5 Å². The average molecular weight is 296 g/mol. The Bertz CT molecular complexity index is 468. The molecular weight excluding hydrogens is 283 g/mol. The van der Waals surface area contributed by atoms with Gasteiger partial charge in [-0.25, -0.2) is 8.78 Å². The Morgan fingerprint density at radius 3 is 2.45 bits per heavy atom. The Kier molecular flexibility index (Phi) is 5.47. The van der Waals surface area contributed by atoms with Gasteiger partial charge in [-0.1, -0.05) is 12.1 Å². The van der Waals surface area contributed by atoms with E-state index in [1.54, 1.807) is 6.92 Å². The van der Waals surface area contributed by atoms with Crippen molar-refractivity contribution in [3.8, 4) is 0 Å². The summed E-state index contributed by atoms with van der Waals surface area (Å²) in [6.07, 6.45) is -8.58. The number of halogens is 5. The van der Waals surface area contributed by atoms with E-state index in [-0.39, 0.29) is 13.0 Å². The van der Waals surface area contributed by atoms with E-state index in [1.807, 2.05) is 0 Å². The van der Waals surface area contributed by atoms with Crippen molar-refractivity contribution in [3.63, 3.8) is 0 Å². The average Bonchev–Trinajstić information content (AvgIpc) is 2.35. The number of carbonyl (C=O) groups excluding carboxylic acids is 1. The third-order valence-corrected chi connectivity index (χ3v) is 2.64. The Morgan fingerprint density at radius 2 is 1.95 bits per heavy atom. The van der Waals surface area contributed by atoms with Gasteiger partial charge in [-0.05, 0) is 25.0 Å². The van der Waals surface area contributed by atoms with Gasteiger partial charge in [0.1, 0.15) is 0 Å². The van der Waals surface area contributed by atoms with E-state index in [4.69, 9.17) is 0 Å². The molecule has 0 atom stereocenters. The zero-order valence-corrected chi connectivity index (χ0v) is 10.6. The first-order valence-corrected chi connectivity index (χ1v) is 5.90. The van der Waals surface area contributed by atoms with E-state index in [9.17, 15) is 26.7 Å². The molecule has 7 heteroatoms. The van der Waals surface area contributed by atoms with E-state index in [1.165, 1.54) is 0 Å². The van der Waals surface area contributed by atoms with Crippen LogP contribution >= 0.6 is 0 Å². The van der Waals surface area contributed by atoms with Gasteiger partial charge in [0, 0.05) is 12.0 Å². The minimum absolute atomic E-state index is 0.0848. The number of hydrogen-bond donors (Lipinski definition) is 0. The van der Waals surface area contributed by atoms with Gasteiger partial charge in [-0.15, -0.1) is 0 Å². The Labute approximate surface area is 112 Å². The predicted molar refractivity (Wildman–Crippen MR) is 61.4 cm³/mol. The highest BCUT2D eigenvalue weighted by molar-refractivity contribution is 5.69. The molecule has 0 aliphatic heterocycles. The predicted octanol–water partition coefficient (Wildman–Crippen LogP) is 4.14. The lowest BCUT2D eigenvalue weighted by molar-refractivity contribution is -0.144. The molecule has 0 radical (unpaired) electrons. The number of rotatable bonds is 5. The highest BCUT2D eigenvalue weighted by Gasteiger charge is 2.35. The topological polar surface area (TPSA) is 26.3 Å². The fourth-order valence-corrected chi connectivity index (χ4v) is 1.81. The third-order valence-electron chi connectivity index (χ3n) is 2.64.